The lowest BCUT2D eigenvalue weighted by molar-refractivity contribution is 0.0398. The van der Waals surface area contributed by atoms with Gasteiger partial charge in [-0.1, -0.05) is 19.3 Å². The molecular formula is C25H31FN6O2. The highest BCUT2D eigenvalue weighted by Crippen LogP contribution is 2.27. The number of rotatable bonds is 7. The van der Waals surface area contributed by atoms with Gasteiger partial charge in [-0.2, -0.15) is 0 Å². The maximum absolute atomic E-state index is 14.4. The first kappa shape index (κ1) is 22.9. The largest absolute Gasteiger partial charge is 0.379 e. The van der Waals surface area contributed by atoms with E-state index < -0.39 is 5.82 Å². The third-order valence-electron chi connectivity index (χ3n) is 6.83. The number of nitrogens with zero attached hydrogens (tertiary/aromatic N) is 5. The molecule has 8 nitrogen and oxygen atoms in total. The molecule has 4 heterocycles. The normalized spacial score (nSPS) is 17.8. The maximum atomic E-state index is 14.4. The van der Waals surface area contributed by atoms with Crippen molar-refractivity contribution in [3.05, 3.63) is 46.8 Å². The molecule has 9 heteroatoms. The molecule has 5 rings (SSSR count). The van der Waals surface area contributed by atoms with Gasteiger partial charge in [0.25, 0.3) is 5.56 Å². The van der Waals surface area contributed by atoms with Crippen molar-refractivity contribution in [1.29, 1.82) is 0 Å². The zero-order chi connectivity index (χ0) is 23.3. The molecule has 1 N–H and O–H groups in total. The lowest BCUT2D eigenvalue weighted by atomic mass is 9.89. The highest BCUT2D eigenvalue weighted by molar-refractivity contribution is 5.76. The summed E-state index contributed by atoms with van der Waals surface area (Å²) in [5.74, 6) is 0.340. The zero-order valence-electron chi connectivity index (χ0n) is 19.4. The number of halogens is 1. The molecule has 2 aliphatic rings. The molecule has 0 spiro atoms. The van der Waals surface area contributed by atoms with Crippen LogP contribution in [0, 0.1) is 11.7 Å². The fraction of sp³-hybridized carbons (Fsp3) is 0.520. The van der Waals surface area contributed by atoms with Crippen LogP contribution < -0.4 is 10.9 Å². The van der Waals surface area contributed by atoms with E-state index in [1.165, 1.54) is 25.5 Å². The highest BCUT2D eigenvalue weighted by atomic mass is 19.1. The summed E-state index contributed by atoms with van der Waals surface area (Å²) in [4.78, 5) is 29.0. The second-order valence-electron chi connectivity index (χ2n) is 9.16. The van der Waals surface area contributed by atoms with Crippen LogP contribution >= 0.6 is 0 Å². The van der Waals surface area contributed by atoms with Crippen LogP contribution in [0.5, 0.6) is 0 Å². The SMILES string of the molecule is O=c1c(NCCN2CCOCC2)nc2ccc(-c3ccncc3F)nc2n1CC1CCCCC1. The molecule has 0 radical (unpaired) electrons. The van der Waals surface area contributed by atoms with E-state index in [1.807, 2.05) is 6.07 Å². The average Bonchev–Trinajstić information content (AvgIpc) is 2.88. The Morgan fingerprint density at radius 1 is 1.09 bits per heavy atom. The monoisotopic (exact) mass is 466 g/mol. The van der Waals surface area contributed by atoms with Gasteiger partial charge in [-0.3, -0.25) is 19.2 Å². The van der Waals surface area contributed by atoms with Gasteiger partial charge in [0.15, 0.2) is 17.3 Å². The van der Waals surface area contributed by atoms with Crippen LogP contribution in [0.25, 0.3) is 22.4 Å². The molecule has 0 unspecified atom stereocenters. The van der Waals surface area contributed by atoms with E-state index in [1.54, 1.807) is 22.9 Å². The van der Waals surface area contributed by atoms with E-state index in [2.05, 4.69) is 20.2 Å². The van der Waals surface area contributed by atoms with Crippen molar-refractivity contribution in [2.24, 2.45) is 5.92 Å². The van der Waals surface area contributed by atoms with Crippen molar-refractivity contribution in [3.8, 4) is 11.3 Å². The van der Waals surface area contributed by atoms with Crippen LogP contribution in [0.4, 0.5) is 10.2 Å². The minimum atomic E-state index is -0.440. The number of ether oxygens (including phenoxy) is 1. The van der Waals surface area contributed by atoms with Crippen LogP contribution in [-0.4, -0.2) is 63.8 Å². The Morgan fingerprint density at radius 3 is 2.71 bits per heavy atom. The first-order valence-electron chi connectivity index (χ1n) is 12.2. The van der Waals surface area contributed by atoms with Gasteiger partial charge in [0.1, 0.15) is 5.52 Å². The summed E-state index contributed by atoms with van der Waals surface area (Å²) in [6, 6.07) is 5.17. The van der Waals surface area contributed by atoms with Gasteiger partial charge < -0.3 is 10.1 Å². The Morgan fingerprint density at radius 2 is 1.91 bits per heavy atom. The maximum Gasteiger partial charge on any atom is 0.294 e. The number of morpholine rings is 1. The summed E-state index contributed by atoms with van der Waals surface area (Å²) in [6.07, 6.45) is 8.56. The molecule has 1 aliphatic heterocycles. The summed E-state index contributed by atoms with van der Waals surface area (Å²) in [5.41, 5.74) is 1.80. The number of nitrogens with one attached hydrogen (secondary N) is 1. The number of anilines is 1. The second-order valence-corrected chi connectivity index (χ2v) is 9.16. The number of aromatic nitrogens is 4. The predicted molar refractivity (Wildman–Crippen MR) is 129 cm³/mol. The Balaban J connectivity index is 1.48. The molecule has 2 fully saturated rings. The third-order valence-corrected chi connectivity index (χ3v) is 6.83. The number of pyridine rings is 2. The van der Waals surface area contributed by atoms with E-state index in [9.17, 15) is 9.18 Å². The molecule has 0 bridgehead atoms. The van der Waals surface area contributed by atoms with E-state index in [4.69, 9.17) is 9.72 Å². The van der Waals surface area contributed by atoms with Gasteiger partial charge in [0.2, 0.25) is 0 Å². The van der Waals surface area contributed by atoms with Gasteiger partial charge in [0.05, 0.1) is 25.1 Å². The lowest BCUT2D eigenvalue weighted by Gasteiger charge is -2.26. The predicted octanol–water partition coefficient (Wildman–Crippen LogP) is 3.32. The van der Waals surface area contributed by atoms with Crippen molar-refractivity contribution in [2.75, 3.05) is 44.7 Å². The Hall–Kier alpha value is -2.91. The molecule has 3 aromatic heterocycles. The molecule has 1 aliphatic carbocycles. The van der Waals surface area contributed by atoms with Crippen molar-refractivity contribution in [2.45, 2.75) is 38.6 Å². The fourth-order valence-electron chi connectivity index (χ4n) is 4.92. The van der Waals surface area contributed by atoms with Gasteiger partial charge in [-0.15, -0.1) is 0 Å². The number of hydrogen-bond donors (Lipinski definition) is 1. The second kappa shape index (κ2) is 10.6. The van der Waals surface area contributed by atoms with Gasteiger partial charge in [-0.25, -0.2) is 14.4 Å². The van der Waals surface area contributed by atoms with E-state index in [0.29, 0.717) is 47.2 Å². The topological polar surface area (TPSA) is 85.2 Å². The van der Waals surface area contributed by atoms with E-state index in [0.717, 1.165) is 45.7 Å². The Labute approximate surface area is 198 Å². The molecule has 1 saturated carbocycles. The molecule has 0 aromatic carbocycles. The van der Waals surface area contributed by atoms with E-state index in [-0.39, 0.29) is 5.56 Å². The summed E-state index contributed by atoms with van der Waals surface area (Å²) >= 11 is 0. The number of fused-ring (bicyclic) bond motifs is 1. The van der Waals surface area contributed by atoms with Crippen LogP contribution in [0.1, 0.15) is 32.1 Å². The standard InChI is InChI=1S/C25H31FN6O2/c26-20-16-27-9-8-19(20)21-6-7-22-24(30-21)32(17-18-4-2-1-3-5-18)25(33)23(29-22)28-10-11-31-12-14-34-15-13-31/h6-9,16,18H,1-5,10-15,17H2,(H,28,29). The van der Waals surface area contributed by atoms with E-state index >= 15 is 0 Å². The minimum Gasteiger partial charge on any atom is -0.379 e. The molecule has 34 heavy (non-hydrogen) atoms. The number of hydrogen-bond acceptors (Lipinski definition) is 7. The zero-order valence-corrected chi connectivity index (χ0v) is 19.4. The molecule has 180 valence electrons. The highest BCUT2D eigenvalue weighted by Gasteiger charge is 2.20. The quantitative estimate of drug-likeness (QED) is 0.572. The minimum absolute atomic E-state index is 0.167. The van der Waals surface area contributed by atoms with Crippen molar-refractivity contribution in [3.63, 3.8) is 0 Å². The van der Waals surface area contributed by atoms with Crippen LogP contribution in [0.15, 0.2) is 35.4 Å². The smallest absolute Gasteiger partial charge is 0.294 e. The molecular weight excluding hydrogens is 435 g/mol. The third kappa shape index (κ3) is 5.10. The molecule has 3 aromatic rings. The molecule has 0 atom stereocenters. The van der Waals surface area contributed by atoms with Crippen LogP contribution in [0.3, 0.4) is 0 Å². The van der Waals surface area contributed by atoms with Crippen molar-refractivity contribution >= 4 is 17.0 Å². The Bertz CT molecular complexity index is 1190. The summed E-state index contributed by atoms with van der Waals surface area (Å²) in [5, 5.41) is 3.26. The average molecular weight is 467 g/mol. The summed E-state index contributed by atoms with van der Waals surface area (Å²) in [7, 11) is 0. The van der Waals surface area contributed by atoms with Crippen molar-refractivity contribution in [1.82, 2.24) is 24.4 Å². The van der Waals surface area contributed by atoms with Gasteiger partial charge >= 0.3 is 0 Å². The fourth-order valence-corrected chi connectivity index (χ4v) is 4.92. The first-order valence-corrected chi connectivity index (χ1v) is 12.2. The summed E-state index contributed by atoms with van der Waals surface area (Å²) < 4.78 is 21.5. The van der Waals surface area contributed by atoms with Crippen LogP contribution in [-0.2, 0) is 11.3 Å². The van der Waals surface area contributed by atoms with Crippen LogP contribution in [0.2, 0.25) is 0 Å². The lowest BCUT2D eigenvalue weighted by Crippen LogP contribution is -2.39. The van der Waals surface area contributed by atoms with Gasteiger partial charge in [0, 0.05) is 44.5 Å². The molecule has 1 saturated heterocycles. The van der Waals surface area contributed by atoms with Gasteiger partial charge in [-0.05, 0) is 37.0 Å². The Kier molecular flexibility index (Phi) is 7.10. The summed E-state index contributed by atoms with van der Waals surface area (Å²) in [6.45, 7) is 5.34. The first-order chi connectivity index (χ1) is 16.7. The molecule has 0 amide bonds. The van der Waals surface area contributed by atoms with Crippen molar-refractivity contribution < 1.29 is 9.13 Å².